The molecule has 1 aliphatic carbocycles. The molecule has 0 amide bonds. The summed E-state index contributed by atoms with van der Waals surface area (Å²) in [6.45, 7) is 6.37. The fourth-order valence-electron chi connectivity index (χ4n) is 6.31. The van der Waals surface area contributed by atoms with Crippen LogP contribution in [0, 0.1) is 5.92 Å². The largest absolute Gasteiger partial charge is 0.463 e. The van der Waals surface area contributed by atoms with Crippen LogP contribution in [0.3, 0.4) is 0 Å². The minimum atomic E-state index is -0.373. The Labute approximate surface area is 247 Å². The lowest BCUT2D eigenvalue weighted by Gasteiger charge is -2.29. The summed E-state index contributed by atoms with van der Waals surface area (Å²) in [6.07, 6.45) is 15.4. The Balaban J connectivity index is 1.47. The predicted octanol–water partition coefficient (Wildman–Crippen LogP) is 9.46. The van der Waals surface area contributed by atoms with E-state index in [9.17, 15) is 4.79 Å². The van der Waals surface area contributed by atoms with E-state index in [0.717, 1.165) is 31.6 Å². The van der Waals surface area contributed by atoms with E-state index in [2.05, 4.69) is 80.2 Å². The molecule has 0 unspecified atom stereocenters. The lowest BCUT2D eigenvalue weighted by molar-refractivity contribution is -0.137. The van der Waals surface area contributed by atoms with Gasteiger partial charge in [-0.1, -0.05) is 106 Å². The third-order valence-electron chi connectivity index (χ3n) is 8.77. The minimum Gasteiger partial charge on any atom is -0.463 e. The Kier molecular flexibility index (Phi) is 12.3. The molecule has 1 fully saturated rings. The number of ether oxygens (including phenoxy) is 1. The van der Waals surface area contributed by atoms with Crippen LogP contribution in [0.15, 0.2) is 79.4 Å². The molecule has 218 valence electrons. The van der Waals surface area contributed by atoms with Crippen molar-refractivity contribution < 1.29 is 14.6 Å². The zero-order valence-corrected chi connectivity index (χ0v) is 25.0. The summed E-state index contributed by atoms with van der Waals surface area (Å²) in [5.74, 6) is 1.26. The maximum atomic E-state index is 11.5. The smallest absolute Gasteiger partial charge is 0.330 e. The van der Waals surface area contributed by atoms with Crippen LogP contribution in [0.2, 0.25) is 0 Å². The molecule has 3 nitrogen and oxygen atoms in total. The minimum absolute atomic E-state index is 0.213. The van der Waals surface area contributed by atoms with Crippen molar-refractivity contribution in [2.75, 3.05) is 13.2 Å². The lowest BCUT2D eigenvalue weighted by atomic mass is 9.77. The standard InChI is InChI=1S/C38H48O3/c1-3-5-6-9-29-12-16-31(17-13-29)32-20-22-33(23-21-32)35-24-25-37(34-18-14-30(15-19-34)10-7-26-39)36(28-35)11-8-27-41-38(40)4-2/h4,14-15,18-25,28-29,31,39H,2-3,5-13,16-17,26-27H2,1H3. The average molecular weight is 553 g/mol. The van der Waals surface area contributed by atoms with Crippen LogP contribution in [0.25, 0.3) is 22.3 Å². The highest BCUT2D eigenvalue weighted by Crippen LogP contribution is 2.38. The van der Waals surface area contributed by atoms with Gasteiger partial charge in [0.25, 0.3) is 0 Å². The van der Waals surface area contributed by atoms with Crippen LogP contribution in [-0.2, 0) is 22.4 Å². The van der Waals surface area contributed by atoms with E-state index in [1.807, 2.05) is 0 Å². The topological polar surface area (TPSA) is 46.5 Å². The number of hydrogen-bond acceptors (Lipinski definition) is 3. The molecule has 4 rings (SSSR count). The quantitative estimate of drug-likeness (QED) is 0.116. The molecule has 0 atom stereocenters. The fraction of sp³-hybridized carbons (Fsp3) is 0.447. The molecule has 3 heteroatoms. The third kappa shape index (κ3) is 9.16. The molecule has 1 saturated carbocycles. The number of aryl methyl sites for hydroxylation is 2. The van der Waals surface area contributed by atoms with Crippen molar-refractivity contribution in [2.45, 2.75) is 89.9 Å². The van der Waals surface area contributed by atoms with Gasteiger partial charge in [-0.05, 0) is 102 Å². The van der Waals surface area contributed by atoms with Gasteiger partial charge in [-0.15, -0.1) is 0 Å². The number of benzene rings is 3. The first-order chi connectivity index (χ1) is 20.1. The molecule has 0 aliphatic heterocycles. The van der Waals surface area contributed by atoms with Crippen LogP contribution >= 0.6 is 0 Å². The van der Waals surface area contributed by atoms with Crippen LogP contribution in [0.5, 0.6) is 0 Å². The van der Waals surface area contributed by atoms with E-state index in [1.54, 1.807) is 0 Å². The molecule has 3 aromatic carbocycles. The highest BCUT2D eigenvalue weighted by molar-refractivity contribution is 5.81. The molecule has 0 heterocycles. The van der Waals surface area contributed by atoms with Crippen molar-refractivity contribution in [3.05, 3.63) is 96.1 Å². The summed E-state index contributed by atoms with van der Waals surface area (Å²) >= 11 is 0. The molecule has 0 spiro atoms. The molecule has 0 radical (unpaired) electrons. The second kappa shape index (κ2) is 16.3. The second-order valence-corrected chi connectivity index (χ2v) is 11.7. The molecular weight excluding hydrogens is 504 g/mol. The first-order valence-corrected chi connectivity index (χ1v) is 15.8. The molecule has 1 aliphatic rings. The van der Waals surface area contributed by atoms with Gasteiger partial charge in [0, 0.05) is 12.7 Å². The monoisotopic (exact) mass is 552 g/mol. The first-order valence-electron chi connectivity index (χ1n) is 15.8. The van der Waals surface area contributed by atoms with Gasteiger partial charge in [-0.3, -0.25) is 0 Å². The van der Waals surface area contributed by atoms with Crippen molar-refractivity contribution in [3.8, 4) is 22.3 Å². The van der Waals surface area contributed by atoms with E-state index in [-0.39, 0.29) is 12.6 Å². The first kappa shape index (κ1) is 30.8. The Bertz CT molecular complexity index is 1220. The molecule has 0 aromatic heterocycles. The molecule has 1 N–H and O–H groups in total. The molecule has 0 saturated heterocycles. The number of carbonyl (C=O) groups excluding carboxylic acids is 1. The van der Waals surface area contributed by atoms with Gasteiger partial charge in [-0.25, -0.2) is 4.79 Å². The van der Waals surface area contributed by atoms with Gasteiger partial charge in [0.1, 0.15) is 0 Å². The summed E-state index contributed by atoms with van der Waals surface area (Å²) in [5.41, 5.74) is 8.84. The number of rotatable bonds is 15. The zero-order chi connectivity index (χ0) is 28.9. The molecular formula is C38H48O3. The van der Waals surface area contributed by atoms with E-state index < -0.39 is 0 Å². The van der Waals surface area contributed by atoms with Crippen molar-refractivity contribution in [1.29, 1.82) is 0 Å². The van der Waals surface area contributed by atoms with Gasteiger partial charge in [-0.2, -0.15) is 0 Å². The zero-order valence-electron chi connectivity index (χ0n) is 25.0. The SMILES string of the molecule is C=CC(=O)OCCCc1cc(-c2ccc(C3CCC(CCCCC)CC3)cc2)ccc1-c1ccc(CCCO)cc1. The number of aliphatic hydroxyl groups is 1. The van der Waals surface area contributed by atoms with Crippen molar-refractivity contribution in [3.63, 3.8) is 0 Å². The lowest BCUT2D eigenvalue weighted by Crippen LogP contribution is -2.13. The van der Waals surface area contributed by atoms with Gasteiger partial charge in [0.05, 0.1) is 6.61 Å². The van der Waals surface area contributed by atoms with Crippen LogP contribution < -0.4 is 0 Å². The maximum absolute atomic E-state index is 11.5. The van der Waals surface area contributed by atoms with Crippen LogP contribution in [-0.4, -0.2) is 24.3 Å². The van der Waals surface area contributed by atoms with Gasteiger partial charge in [0.15, 0.2) is 0 Å². The molecule has 0 bridgehead atoms. The fourth-order valence-corrected chi connectivity index (χ4v) is 6.31. The average Bonchev–Trinajstić information content (AvgIpc) is 3.03. The number of unbranched alkanes of at least 4 members (excludes halogenated alkanes) is 2. The predicted molar refractivity (Wildman–Crippen MR) is 171 cm³/mol. The molecule has 3 aromatic rings. The van der Waals surface area contributed by atoms with Crippen molar-refractivity contribution in [2.24, 2.45) is 5.92 Å². The second-order valence-electron chi connectivity index (χ2n) is 11.7. The summed E-state index contributed by atoms with van der Waals surface area (Å²) in [6, 6.07) is 24.7. The van der Waals surface area contributed by atoms with E-state index in [0.29, 0.717) is 12.5 Å². The highest BCUT2D eigenvalue weighted by atomic mass is 16.5. The summed E-state index contributed by atoms with van der Waals surface area (Å²) < 4.78 is 5.25. The summed E-state index contributed by atoms with van der Waals surface area (Å²) in [7, 11) is 0. The Morgan fingerprint density at radius 3 is 2.24 bits per heavy atom. The van der Waals surface area contributed by atoms with Crippen molar-refractivity contribution in [1.82, 2.24) is 0 Å². The highest BCUT2D eigenvalue weighted by Gasteiger charge is 2.22. The van der Waals surface area contributed by atoms with E-state index in [4.69, 9.17) is 9.84 Å². The Morgan fingerprint density at radius 1 is 0.854 bits per heavy atom. The van der Waals surface area contributed by atoms with Gasteiger partial charge >= 0.3 is 5.97 Å². The summed E-state index contributed by atoms with van der Waals surface area (Å²) in [5, 5.41) is 9.16. The number of hydrogen-bond donors (Lipinski definition) is 1. The van der Waals surface area contributed by atoms with Gasteiger partial charge in [0.2, 0.25) is 0 Å². The third-order valence-corrected chi connectivity index (χ3v) is 8.77. The maximum Gasteiger partial charge on any atom is 0.330 e. The Morgan fingerprint density at radius 2 is 1.56 bits per heavy atom. The number of esters is 1. The number of carbonyl (C=O) groups is 1. The van der Waals surface area contributed by atoms with E-state index >= 15 is 0 Å². The summed E-state index contributed by atoms with van der Waals surface area (Å²) in [4.78, 5) is 11.5. The van der Waals surface area contributed by atoms with Gasteiger partial charge < -0.3 is 9.84 Å². The van der Waals surface area contributed by atoms with Crippen LogP contribution in [0.1, 0.15) is 93.7 Å². The molecule has 41 heavy (non-hydrogen) atoms. The van der Waals surface area contributed by atoms with E-state index in [1.165, 1.54) is 96.4 Å². The number of aliphatic hydroxyl groups excluding tert-OH is 1. The van der Waals surface area contributed by atoms with Crippen LogP contribution in [0.4, 0.5) is 0 Å². The normalized spacial score (nSPS) is 16.8. The Hall–Kier alpha value is -3.17. The van der Waals surface area contributed by atoms with Crippen molar-refractivity contribution >= 4 is 5.97 Å².